The lowest BCUT2D eigenvalue weighted by molar-refractivity contribution is 0.0494. The average Bonchev–Trinajstić information content (AvgIpc) is 2.32. The molecule has 4 atom stereocenters. The Hall–Kier alpha value is -0.0400. The summed E-state index contributed by atoms with van der Waals surface area (Å²) in [5.41, 5.74) is 0. The fourth-order valence-electron chi connectivity index (χ4n) is 2.59. The third-order valence-corrected chi connectivity index (χ3v) is 3.41. The molecule has 1 saturated carbocycles. The maximum absolute atomic E-state index is 5.74. The fraction of sp³-hybridized carbons (Fsp3) is 1.00. The van der Waals surface area contributed by atoms with Gasteiger partial charge in [-0.3, -0.25) is 0 Å². The minimum Gasteiger partial charge on any atom is -0.378 e. The van der Waals surface area contributed by atoms with Gasteiger partial charge in [0.1, 0.15) is 0 Å². The largest absolute Gasteiger partial charge is 0.378 e. The molecule has 2 rings (SSSR count). The van der Waals surface area contributed by atoms with Gasteiger partial charge in [0.15, 0.2) is 0 Å². The Morgan fingerprint density at radius 1 is 1.18 bits per heavy atom. The van der Waals surface area contributed by atoms with Crippen LogP contribution in [0.4, 0.5) is 0 Å². The van der Waals surface area contributed by atoms with E-state index in [4.69, 9.17) is 4.74 Å². The Labute approximate surface area is 69.1 Å². The van der Waals surface area contributed by atoms with Gasteiger partial charge in [-0.2, -0.15) is 0 Å². The van der Waals surface area contributed by atoms with Crippen molar-refractivity contribution >= 4 is 0 Å². The van der Waals surface area contributed by atoms with Crippen molar-refractivity contribution < 1.29 is 4.74 Å². The first kappa shape index (κ1) is 7.60. The molecule has 1 heteroatoms. The molecule has 1 aliphatic carbocycles. The highest BCUT2D eigenvalue weighted by molar-refractivity contribution is 4.86. The summed E-state index contributed by atoms with van der Waals surface area (Å²) >= 11 is 0. The molecule has 1 nitrogen and oxygen atoms in total. The number of hydrogen-bond donors (Lipinski definition) is 0. The van der Waals surface area contributed by atoms with E-state index < -0.39 is 0 Å². The Morgan fingerprint density at radius 2 is 2.00 bits per heavy atom. The summed E-state index contributed by atoms with van der Waals surface area (Å²) in [4.78, 5) is 0. The summed E-state index contributed by atoms with van der Waals surface area (Å²) in [6, 6.07) is 0. The summed E-state index contributed by atoms with van der Waals surface area (Å²) < 4.78 is 5.74. The van der Waals surface area contributed by atoms with Gasteiger partial charge in [-0.15, -0.1) is 0 Å². The van der Waals surface area contributed by atoms with E-state index in [1.807, 2.05) is 0 Å². The van der Waals surface area contributed by atoms with Crippen molar-refractivity contribution in [3.05, 3.63) is 0 Å². The van der Waals surface area contributed by atoms with Gasteiger partial charge >= 0.3 is 0 Å². The van der Waals surface area contributed by atoms with Crippen molar-refractivity contribution in [3.8, 4) is 0 Å². The van der Waals surface area contributed by atoms with Crippen molar-refractivity contribution in [2.45, 2.75) is 39.2 Å². The Balaban J connectivity index is 2.00. The monoisotopic (exact) mass is 154 g/mol. The number of fused-ring (bicyclic) bond motifs is 1. The molecule has 0 unspecified atom stereocenters. The van der Waals surface area contributed by atoms with Crippen molar-refractivity contribution in [1.29, 1.82) is 0 Å². The van der Waals surface area contributed by atoms with Crippen molar-refractivity contribution in [3.63, 3.8) is 0 Å². The van der Waals surface area contributed by atoms with Crippen LogP contribution in [0.1, 0.15) is 33.1 Å². The fourth-order valence-corrected chi connectivity index (χ4v) is 2.59. The molecule has 1 heterocycles. The Kier molecular flexibility index (Phi) is 1.92. The van der Waals surface area contributed by atoms with Gasteiger partial charge < -0.3 is 4.74 Å². The molecule has 0 aromatic rings. The SMILES string of the molecule is C[C@H]1CC[C@@H]2[C@H](C)CO[C@H]2C1. The van der Waals surface area contributed by atoms with Crippen LogP contribution in [0.5, 0.6) is 0 Å². The van der Waals surface area contributed by atoms with Gasteiger partial charge in [0, 0.05) is 6.61 Å². The average molecular weight is 154 g/mol. The molecule has 0 N–H and O–H groups in total. The van der Waals surface area contributed by atoms with Crippen LogP contribution in [0.3, 0.4) is 0 Å². The lowest BCUT2D eigenvalue weighted by Gasteiger charge is -2.30. The lowest BCUT2D eigenvalue weighted by atomic mass is 9.77. The number of rotatable bonds is 0. The quantitative estimate of drug-likeness (QED) is 0.521. The van der Waals surface area contributed by atoms with Crippen LogP contribution in [0.15, 0.2) is 0 Å². The van der Waals surface area contributed by atoms with Crippen LogP contribution in [0.2, 0.25) is 0 Å². The second kappa shape index (κ2) is 2.78. The molecule has 1 saturated heterocycles. The standard InChI is InChI=1S/C10H18O/c1-7-3-4-9-8(2)6-11-10(9)5-7/h7-10H,3-6H2,1-2H3/t7-,8+,9+,10-/m0/s1. The lowest BCUT2D eigenvalue weighted by Crippen LogP contribution is -2.27. The van der Waals surface area contributed by atoms with E-state index >= 15 is 0 Å². The van der Waals surface area contributed by atoms with E-state index in [2.05, 4.69) is 13.8 Å². The first-order valence-electron chi connectivity index (χ1n) is 4.89. The molecule has 0 aromatic carbocycles. The third-order valence-electron chi connectivity index (χ3n) is 3.41. The Bertz CT molecular complexity index is 144. The summed E-state index contributed by atoms with van der Waals surface area (Å²) in [5.74, 6) is 2.63. The normalized spacial score (nSPS) is 50.7. The van der Waals surface area contributed by atoms with Gasteiger partial charge in [-0.1, -0.05) is 20.3 Å². The van der Waals surface area contributed by atoms with E-state index in [-0.39, 0.29) is 0 Å². The number of hydrogen-bond acceptors (Lipinski definition) is 1. The maximum atomic E-state index is 5.74. The van der Waals surface area contributed by atoms with Crippen LogP contribution < -0.4 is 0 Å². The van der Waals surface area contributed by atoms with Gasteiger partial charge in [-0.25, -0.2) is 0 Å². The minimum absolute atomic E-state index is 0.619. The van der Waals surface area contributed by atoms with Crippen LogP contribution in [0.25, 0.3) is 0 Å². The van der Waals surface area contributed by atoms with Crippen LogP contribution in [0, 0.1) is 17.8 Å². The van der Waals surface area contributed by atoms with E-state index in [1.54, 1.807) is 0 Å². The summed E-state index contributed by atoms with van der Waals surface area (Å²) in [6.07, 6.45) is 4.77. The molecule has 64 valence electrons. The third kappa shape index (κ3) is 1.31. The first-order chi connectivity index (χ1) is 5.27. The van der Waals surface area contributed by atoms with Crippen molar-refractivity contribution in [2.75, 3.05) is 6.61 Å². The predicted octanol–water partition coefficient (Wildman–Crippen LogP) is 2.46. The molecular weight excluding hydrogens is 136 g/mol. The minimum atomic E-state index is 0.619. The highest BCUT2D eigenvalue weighted by atomic mass is 16.5. The number of ether oxygens (including phenoxy) is 1. The van der Waals surface area contributed by atoms with Gasteiger partial charge in [-0.05, 0) is 30.6 Å². The molecule has 2 aliphatic rings. The van der Waals surface area contributed by atoms with Gasteiger partial charge in [0.05, 0.1) is 6.10 Å². The first-order valence-corrected chi connectivity index (χ1v) is 4.89. The zero-order chi connectivity index (χ0) is 7.84. The summed E-state index contributed by atoms with van der Waals surface area (Å²) in [7, 11) is 0. The Morgan fingerprint density at radius 3 is 2.82 bits per heavy atom. The highest BCUT2D eigenvalue weighted by Gasteiger charge is 2.37. The molecule has 1 aliphatic heterocycles. The molecule has 0 spiro atoms. The molecule has 0 bridgehead atoms. The predicted molar refractivity (Wildman–Crippen MR) is 45.4 cm³/mol. The summed E-state index contributed by atoms with van der Waals surface area (Å²) in [6.45, 7) is 5.70. The van der Waals surface area contributed by atoms with E-state index in [9.17, 15) is 0 Å². The van der Waals surface area contributed by atoms with Crippen LogP contribution in [-0.4, -0.2) is 12.7 Å². The van der Waals surface area contributed by atoms with E-state index in [1.165, 1.54) is 19.3 Å². The summed E-state index contributed by atoms with van der Waals surface area (Å²) in [5, 5.41) is 0. The molecule has 0 radical (unpaired) electrons. The van der Waals surface area contributed by atoms with Crippen LogP contribution >= 0.6 is 0 Å². The molecule has 0 amide bonds. The molecule has 0 aromatic heterocycles. The van der Waals surface area contributed by atoms with E-state index in [0.29, 0.717) is 6.10 Å². The molecular formula is C10H18O. The van der Waals surface area contributed by atoms with Gasteiger partial charge in [0.25, 0.3) is 0 Å². The van der Waals surface area contributed by atoms with Crippen molar-refractivity contribution in [1.82, 2.24) is 0 Å². The second-order valence-electron chi connectivity index (χ2n) is 4.43. The molecule has 2 fully saturated rings. The van der Waals surface area contributed by atoms with Crippen molar-refractivity contribution in [2.24, 2.45) is 17.8 Å². The highest BCUT2D eigenvalue weighted by Crippen LogP contribution is 2.39. The van der Waals surface area contributed by atoms with Gasteiger partial charge in [0.2, 0.25) is 0 Å². The second-order valence-corrected chi connectivity index (χ2v) is 4.43. The smallest absolute Gasteiger partial charge is 0.0609 e. The zero-order valence-corrected chi connectivity index (χ0v) is 7.55. The maximum Gasteiger partial charge on any atom is 0.0609 e. The van der Waals surface area contributed by atoms with Crippen LogP contribution in [-0.2, 0) is 4.74 Å². The zero-order valence-electron chi connectivity index (χ0n) is 7.55. The van der Waals surface area contributed by atoms with E-state index in [0.717, 1.165) is 24.4 Å². The topological polar surface area (TPSA) is 9.23 Å². The molecule has 11 heavy (non-hydrogen) atoms.